The molecule has 1 aromatic heterocycles. The Morgan fingerprint density at radius 1 is 1.03 bits per heavy atom. The standard InChI is InChI=1S/C27H29F6N5/c1-3-4-14-38(2)17-24-36-23-16-18(15-20(6-5-13-34)27(31,32)33)7-12-22(23)25(37-24)35-21-10-8-19(9-11-21)26(28,29)30/h5-13,16H,3-4,14-15,17,34H2,1-2H3,(H,35,36,37)/b13-5-,20-6+. The third-order valence-corrected chi connectivity index (χ3v) is 5.75. The largest absolute Gasteiger partial charge is 0.416 e. The lowest BCUT2D eigenvalue weighted by Crippen LogP contribution is -2.20. The normalized spacial score (nSPS) is 13.1. The molecule has 0 amide bonds. The van der Waals surface area contributed by atoms with E-state index in [2.05, 4.69) is 22.2 Å². The number of hydrogen-bond acceptors (Lipinski definition) is 5. The van der Waals surface area contributed by atoms with Gasteiger partial charge in [0.1, 0.15) is 11.6 Å². The maximum absolute atomic E-state index is 13.5. The molecule has 0 saturated heterocycles. The predicted octanol–water partition coefficient (Wildman–Crippen LogP) is 7.13. The fraction of sp³-hybridized carbons (Fsp3) is 0.333. The van der Waals surface area contributed by atoms with Gasteiger partial charge in [-0.3, -0.25) is 4.90 Å². The van der Waals surface area contributed by atoms with Crippen molar-refractivity contribution in [2.24, 2.45) is 5.73 Å². The summed E-state index contributed by atoms with van der Waals surface area (Å²) in [6, 6.07) is 9.23. The first-order valence-corrected chi connectivity index (χ1v) is 12.0. The van der Waals surface area contributed by atoms with Gasteiger partial charge in [-0.25, -0.2) is 9.97 Å². The van der Waals surface area contributed by atoms with Crippen LogP contribution >= 0.6 is 0 Å². The van der Waals surface area contributed by atoms with Gasteiger partial charge >= 0.3 is 12.4 Å². The summed E-state index contributed by atoms with van der Waals surface area (Å²) in [4.78, 5) is 11.2. The van der Waals surface area contributed by atoms with Gasteiger partial charge in [-0.1, -0.05) is 25.5 Å². The number of rotatable bonds is 10. The third kappa shape index (κ3) is 7.95. The Balaban J connectivity index is 2.01. The molecule has 0 atom stereocenters. The minimum atomic E-state index is -4.54. The fourth-order valence-electron chi connectivity index (χ4n) is 3.77. The van der Waals surface area contributed by atoms with Gasteiger partial charge in [-0.05, 0) is 74.3 Å². The monoisotopic (exact) mass is 537 g/mol. The number of aromatic nitrogens is 2. The molecule has 3 rings (SSSR count). The molecule has 0 spiro atoms. The maximum atomic E-state index is 13.5. The van der Waals surface area contributed by atoms with E-state index in [1.807, 2.05) is 11.9 Å². The molecule has 38 heavy (non-hydrogen) atoms. The minimum Gasteiger partial charge on any atom is -0.405 e. The Labute approximate surface area is 217 Å². The van der Waals surface area contributed by atoms with Crippen LogP contribution < -0.4 is 11.1 Å². The van der Waals surface area contributed by atoms with Gasteiger partial charge in [0.15, 0.2) is 0 Å². The average molecular weight is 538 g/mol. The number of nitrogens with one attached hydrogen (secondary N) is 1. The van der Waals surface area contributed by atoms with Crippen LogP contribution in [-0.2, 0) is 19.1 Å². The highest BCUT2D eigenvalue weighted by molar-refractivity contribution is 5.91. The highest BCUT2D eigenvalue weighted by Gasteiger charge is 2.33. The minimum absolute atomic E-state index is 0.345. The second-order valence-corrected chi connectivity index (χ2v) is 8.88. The molecule has 0 saturated carbocycles. The van der Waals surface area contributed by atoms with Crippen LogP contribution in [0.5, 0.6) is 0 Å². The predicted molar refractivity (Wildman–Crippen MR) is 137 cm³/mol. The van der Waals surface area contributed by atoms with E-state index in [1.165, 1.54) is 12.1 Å². The molecule has 0 radical (unpaired) electrons. The van der Waals surface area contributed by atoms with Crippen LogP contribution in [0.4, 0.5) is 37.8 Å². The highest BCUT2D eigenvalue weighted by atomic mass is 19.4. The zero-order chi connectivity index (χ0) is 27.9. The average Bonchev–Trinajstić information content (AvgIpc) is 2.84. The number of unbranched alkanes of at least 4 members (excludes halogenated alkanes) is 1. The van der Waals surface area contributed by atoms with E-state index in [1.54, 1.807) is 18.2 Å². The second kappa shape index (κ2) is 12.3. The van der Waals surface area contributed by atoms with Crippen molar-refractivity contribution in [1.82, 2.24) is 14.9 Å². The summed E-state index contributed by atoms with van der Waals surface area (Å²) < 4.78 is 79.4. The first-order valence-electron chi connectivity index (χ1n) is 12.0. The van der Waals surface area contributed by atoms with E-state index in [-0.39, 0.29) is 6.42 Å². The van der Waals surface area contributed by atoms with Crippen LogP contribution in [0, 0.1) is 0 Å². The Bertz CT molecular complexity index is 1280. The van der Waals surface area contributed by atoms with Crippen LogP contribution in [0.25, 0.3) is 10.9 Å². The number of hydrogen-bond donors (Lipinski definition) is 2. The van der Waals surface area contributed by atoms with Gasteiger partial charge in [0.05, 0.1) is 17.6 Å². The van der Waals surface area contributed by atoms with Crippen molar-refractivity contribution < 1.29 is 26.3 Å². The summed E-state index contributed by atoms with van der Waals surface area (Å²) in [5.41, 5.74) is 4.84. The maximum Gasteiger partial charge on any atom is 0.416 e. The molecule has 3 N–H and O–H groups in total. The molecule has 5 nitrogen and oxygen atoms in total. The molecule has 11 heteroatoms. The number of allylic oxidation sites excluding steroid dienone is 3. The van der Waals surface area contributed by atoms with Crippen molar-refractivity contribution >= 4 is 22.4 Å². The smallest absolute Gasteiger partial charge is 0.405 e. The second-order valence-electron chi connectivity index (χ2n) is 8.88. The van der Waals surface area contributed by atoms with E-state index < -0.39 is 23.5 Å². The van der Waals surface area contributed by atoms with Crippen LogP contribution in [0.2, 0.25) is 0 Å². The van der Waals surface area contributed by atoms with Gasteiger partial charge in [-0.2, -0.15) is 26.3 Å². The van der Waals surface area contributed by atoms with Crippen molar-refractivity contribution in [3.8, 4) is 0 Å². The summed E-state index contributed by atoms with van der Waals surface area (Å²) in [7, 11) is 1.91. The number of halogens is 6. The Hall–Kier alpha value is -3.60. The molecule has 2 aromatic carbocycles. The number of benzene rings is 2. The van der Waals surface area contributed by atoms with Gasteiger partial charge in [0.2, 0.25) is 0 Å². The topological polar surface area (TPSA) is 67.1 Å². The summed E-state index contributed by atoms with van der Waals surface area (Å²) in [5, 5.41) is 3.56. The van der Waals surface area contributed by atoms with Crippen LogP contribution in [0.1, 0.15) is 36.7 Å². The lowest BCUT2D eigenvalue weighted by atomic mass is 10.0. The molecule has 1 heterocycles. The van der Waals surface area contributed by atoms with Crippen LogP contribution in [-0.4, -0.2) is 34.6 Å². The molecular formula is C27H29F6N5. The summed E-state index contributed by atoms with van der Waals surface area (Å²) >= 11 is 0. The molecule has 0 fully saturated rings. The van der Waals surface area contributed by atoms with Crippen LogP contribution in [0.3, 0.4) is 0 Å². The molecule has 204 valence electrons. The van der Waals surface area contributed by atoms with E-state index in [4.69, 9.17) is 5.73 Å². The van der Waals surface area contributed by atoms with Crippen molar-refractivity contribution in [3.05, 3.63) is 83.3 Å². The molecule has 0 aliphatic heterocycles. The number of fused-ring (bicyclic) bond motifs is 1. The van der Waals surface area contributed by atoms with Gasteiger partial charge in [0.25, 0.3) is 0 Å². The molecule has 3 aromatic rings. The van der Waals surface area contributed by atoms with Crippen molar-refractivity contribution in [2.75, 3.05) is 18.9 Å². The first kappa shape index (κ1) is 29.0. The number of nitrogens with zero attached hydrogens (tertiary/aromatic N) is 3. The number of nitrogens with two attached hydrogens (primary N) is 1. The highest BCUT2D eigenvalue weighted by Crippen LogP contribution is 2.33. The van der Waals surface area contributed by atoms with Crippen molar-refractivity contribution in [3.63, 3.8) is 0 Å². The SMILES string of the molecule is CCCCN(C)Cc1nc(Nc2ccc(C(F)(F)F)cc2)c2ccc(C/C(=C\C=C/N)C(F)(F)F)cc2n1. The summed E-state index contributed by atoms with van der Waals surface area (Å²) in [6.45, 7) is 3.26. The first-order chi connectivity index (χ1) is 17.9. The van der Waals surface area contributed by atoms with Crippen LogP contribution in [0.15, 0.2) is 66.4 Å². The number of alkyl halides is 6. The Kier molecular flexibility index (Phi) is 9.37. The van der Waals surface area contributed by atoms with E-state index in [9.17, 15) is 26.3 Å². The summed E-state index contributed by atoms with van der Waals surface area (Å²) in [6.07, 6.45) is -4.34. The Morgan fingerprint density at radius 3 is 2.34 bits per heavy atom. The lowest BCUT2D eigenvalue weighted by molar-refractivity contribution is -0.137. The zero-order valence-electron chi connectivity index (χ0n) is 21.0. The molecule has 0 unspecified atom stereocenters. The molecule has 0 aliphatic carbocycles. The molecule has 0 aliphatic rings. The van der Waals surface area contributed by atoms with E-state index in [0.29, 0.717) is 40.3 Å². The number of anilines is 2. The lowest BCUT2D eigenvalue weighted by Gasteiger charge is -2.17. The van der Waals surface area contributed by atoms with Gasteiger partial charge in [0, 0.05) is 23.1 Å². The van der Waals surface area contributed by atoms with Crippen molar-refractivity contribution in [2.45, 2.75) is 45.1 Å². The third-order valence-electron chi connectivity index (χ3n) is 5.75. The van der Waals surface area contributed by atoms with E-state index in [0.717, 1.165) is 49.9 Å². The van der Waals surface area contributed by atoms with Gasteiger partial charge in [-0.15, -0.1) is 0 Å². The Morgan fingerprint density at radius 2 is 1.74 bits per heavy atom. The summed E-state index contributed by atoms with van der Waals surface area (Å²) in [5.74, 6) is 0.776. The quantitative estimate of drug-likeness (QED) is 0.213. The zero-order valence-corrected chi connectivity index (χ0v) is 21.0. The van der Waals surface area contributed by atoms with Gasteiger partial charge < -0.3 is 11.1 Å². The fourth-order valence-corrected chi connectivity index (χ4v) is 3.77. The molecule has 0 bridgehead atoms. The molecular weight excluding hydrogens is 508 g/mol. The van der Waals surface area contributed by atoms with E-state index >= 15 is 0 Å². The van der Waals surface area contributed by atoms with Crippen molar-refractivity contribution in [1.29, 1.82) is 0 Å².